The van der Waals surface area contributed by atoms with Gasteiger partial charge in [0.2, 0.25) is 0 Å². The van der Waals surface area contributed by atoms with E-state index in [1.54, 1.807) is 0 Å². The average molecular weight is 297 g/mol. The lowest BCUT2D eigenvalue weighted by molar-refractivity contribution is 0.0569. The van der Waals surface area contributed by atoms with Crippen molar-refractivity contribution in [3.63, 3.8) is 0 Å². The van der Waals surface area contributed by atoms with E-state index >= 15 is 0 Å². The van der Waals surface area contributed by atoms with Crippen LogP contribution in [0.2, 0.25) is 0 Å². The van der Waals surface area contributed by atoms with Gasteiger partial charge in [-0.3, -0.25) is 4.79 Å². The molecule has 0 radical (unpaired) electrons. The van der Waals surface area contributed by atoms with E-state index in [1.807, 2.05) is 41.3 Å². The predicted octanol–water partition coefficient (Wildman–Crippen LogP) is 2.79. The van der Waals surface area contributed by atoms with Gasteiger partial charge in [-0.05, 0) is 45.5 Å². The molecule has 116 valence electrons. The quantitative estimate of drug-likeness (QED) is 0.874. The summed E-state index contributed by atoms with van der Waals surface area (Å²) in [5, 5.41) is 1.07. The van der Waals surface area contributed by atoms with Gasteiger partial charge >= 0.3 is 0 Å². The van der Waals surface area contributed by atoms with Gasteiger partial charge in [0.1, 0.15) is 5.69 Å². The van der Waals surface area contributed by atoms with E-state index in [9.17, 15) is 4.79 Å². The van der Waals surface area contributed by atoms with Crippen LogP contribution < -0.4 is 0 Å². The molecule has 0 saturated carbocycles. The molecule has 1 aliphatic rings. The maximum absolute atomic E-state index is 12.9. The maximum Gasteiger partial charge on any atom is 0.272 e. The van der Waals surface area contributed by atoms with E-state index in [0.29, 0.717) is 11.7 Å². The van der Waals surface area contributed by atoms with Crippen molar-refractivity contribution in [3.05, 3.63) is 42.1 Å². The van der Waals surface area contributed by atoms with E-state index in [1.165, 1.54) is 6.42 Å². The van der Waals surface area contributed by atoms with E-state index < -0.39 is 0 Å². The smallest absolute Gasteiger partial charge is 0.272 e. The standard InChI is InChI=1S/C18H23N3O/c1-20(2)13-15-8-5-6-12-21(15)18(22)17-11-10-14-7-3-4-9-16(14)19-17/h3-4,7,9-11,15H,5-6,8,12-13H2,1-2H3/t15-/m0/s1. The number of pyridine rings is 1. The van der Waals surface area contributed by atoms with Crippen LogP contribution in [0.5, 0.6) is 0 Å². The Balaban J connectivity index is 1.86. The fourth-order valence-corrected chi connectivity index (χ4v) is 3.21. The summed E-state index contributed by atoms with van der Waals surface area (Å²) in [5.74, 6) is 0.0669. The Hall–Kier alpha value is -1.94. The van der Waals surface area contributed by atoms with Gasteiger partial charge in [-0.25, -0.2) is 4.98 Å². The molecule has 1 fully saturated rings. The van der Waals surface area contributed by atoms with Gasteiger partial charge in [0.25, 0.3) is 5.91 Å². The first kappa shape index (κ1) is 15.0. The fraction of sp³-hybridized carbons (Fsp3) is 0.444. The molecule has 4 heteroatoms. The zero-order valence-corrected chi connectivity index (χ0v) is 13.3. The zero-order valence-electron chi connectivity index (χ0n) is 13.3. The van der Waals surface area contributed by atoms with Crippen LogP contribution in [0.25, 0.3) is 10.9 Å². The molecule has 0 spiro atoms. The van der Waals surface area contributed by atoms with Crippen LogP contribution in [-0.4, -0.2) is 53.9 Å². The molecule has 0 N–H and O–H groups in total. The van der Waals surface area contributed by atoms with Crippen LogP contribution in [0.1, 0.15) is 29.8 Å². The molecule has 22 heavy (non-hydrogen) atoms. The Labute approximate surface area is 131 Å². The van der Waals surface area contributed by atoms with Crippen LogP contribution in [0.4, 0.5) is 0 Å². The van der Waals surface area contributed by atoms with Crippen LogP contribution in [0.3, 0.4) is 0 Å². The number of likely N-dealkylation sites (N-methyl/N-ethyl adjacent to an activating group) is 1. The van der Waals surface area contributed by atoms with Crippen molar-refractivity contribution in [1.82, 2.24) is 14.8 Å². The minimum atomic E-state index is 0.0669. The number of fused-ring (bicyclic) bond motifs is 1. The number of piperidine rings is 1. The van der Waals surface area contributed by atoms with Crippen molar-refractivity contribution >= 4 is 16.8 Å². The highest BCUT2D eigenvalue weighted by Gasteiger charge is 2.28. The number of likely N-dealkylation sites (tertiary alicyclic amines) is 1. The van der Waals surface area contributed by atoms with Gasteiger partial charge in [-0.15, -0.1) is 0 Å². The number of rotatable bonds is 3. The molecule has 4 nitrogen and oxygen atoms in total. The topological polar surface area (TPSA) is 36.4 Å². The summed E-state index contributed by atoms with van der Waals surface area (Å²) in [6, 6.07) is 12.1. The Morgan fingerprint density at radius 3 is 2.86 bits per heavy atom. The van der Waals surface area contributed by atoms with E-state index in [4.69, 9.17) is 0 Å². The molecule has 2 heterocycles. The second kappa shape index (κ2) is 6.44. The number of carbonyl (C=O) groups is 1. The molecule has 2 aromatic rings. The SMILES string of the molecule is CN(C)C[C@@H]1CCCCN1C(=O)c1ccc2ccccc2n1. The maximum atomic E-state index is 12.9. The number of carbonyl (C=O) groups excluding carboxylic acids is 1. The second-order valence-corrected chi connectivity index (χ2v) is 6.30. The van der Waals surface area contributed by atoms with E-state index in [-0.39, 0.29) is 5.91 Å². The molecule has 1 amide bonds. The van der Waals surface area contributed by atoms with Crippen molar-refractivity contribution in [2.75, 3.05) is 27.2 Å². The number of aromatic nitrogens is 1. The Kier molecular flexibility index (Phi) is 4.39. The number of para-hydroxylation sites is 1. The number of benzene rings is 1. The molecule has 1 saturated heterocycles. The number of hydrogen-bond acceptors (Lipinski definition) is 3. The van der Waals surface area contributed by atoms with Crippen molar-refractivity contribution in [2.24, 2.45) is 0 Å². The highest BCUT2D eigenvalue weighted by Crippen LogP contribution is 2.21. The third-order valence-corrected chi connectivity index (χ3v) is 4.28. The average Bonchev–Trinajstić information content (AvgIpc) is 2.54. The zero-order chi connectivity index (χ0) is 15.5. The minimum Gasteiger partial charge on any atom is -0.333 e. The van der Waals surface area contributed by atoms with Crippen LogP contribution >= 0.6 is 0 Å². The summed E-state index contributed by atoms with van der Waals surface area (Å²) in [4.78, 5) is 21.6. The number of nitrogens with zero attached hydrogens (tertiary/aromatic N) is 3. The molecule has 0 aliphatic carbocycles. The summed E-state index contributed by atoms with van der Waals surface area (Å²) in [6.45, 7) is 1.76. The van der Waals surface area contributed by atoms with Gasteiger partial charge in [0, 0.05) is 24.5 Å². The highest BCUT2D eigenvalue weighted by atomic mass is 16.2. The molecular weight excluding hydrogens is 274 g/mol. The molecule has 3 rings (SSSR count). The summed E-state index contributed by atoms with van der Waals surface area (Å²) >= 11 is 0. The Bertz CT molecular complexity index is 668. The minimum absolute atomic E-state index is 0.0669. The largest absolute Gasteiger partial charge is 0.333 e. The first-order valence-corrected chi connectivity index (χ1v) is 7.96. The molecule has 0 bridgehead atoms. The second-order valence-electron chi connectivity index (χ2n) is 6.30. The lowest BCUT2D eigenvalue weighted by Crippen LogP contribution is -2.48. The first-order valence-electron chi connectivity index (χ1n) is 7.96. The number of hydrogen-bond donors (Lipinski definition) is 0. The molecule has 1 aliphatic heterocycles. The third kappa shape index (κ3) is 3.12. The van der Waals surface area contributed by atoms with Gasteiger partial charge in [-0.1, -0.05) is 24.3 Å². The number of amides is 1. The van der Waals surface area contributed by atoms with Crippen molar-refractivity contribution in [2.45, 2.75) is 25.3 Å². The lowest BCUT2D eigenvalue weighted by atomic mass is 10.0. The van der Waals surface area contributed by atoms with E-state index in [2.05, 4.69) is 24.0 Å². The molecule has 1 atom stereocenters. The Morgan fingerprint density at radius 2 is 2.05 bits per heavy atom. The Morgan fingerprint density at radius 1 is 1.23 bits per heavy atom. The normalized spacial score (nSPS) is 18.9. The van der Waals surface area contributed by atoms with Crippen molar-refractivity contribution in [1.29, 1.82) is 0 Å². The van der Waals surface area contributed by atoms with Crippen LogP contribution in [0, 0.1) is 0 Å². The van der Waals surface area contributed by atoms with E-state index in [0.717, 1.165) is 36.8 Å². The van der Waals surface area contributed by atoms with Gasteiger partial charge < -0.3 is 9.80 Å². The highest BCUT2D eigenvalue weighted by molar-refractivity contribution is 5.95. The molecular formula is C18H23N3O. The van der Waals surface area contributed by atoms with Gasteiger partial charge in [0.05, 0.1) is 5.52 Å². The molecule has 1 aromatic carbocycles. The predicted molar refractivity (Wildman–Crippen MR) is 89.0 cm³/mol. The van der Waals surface area contributed by atoms with Crippen molar-refractivity contribution in [3.8, 4) is 0 Å². The summed E-state index contributed by atoms with van der Waals surface area (Å²) in [6.07, 6.45) is 3.37. The summed E-state index contributed by atoms with van der Waals surface area (Å²) in [7, 11) is 4.12. The van der Waals surface area contributed by atoms with Crippen LogP contribution in [-0.2, 0) is 0 Å². The van der Waals surface area contributed by atoms with Crippen LogP contribution in [0.15, 0.2) is 36.4 Å². The monoisotopic (exact) mass is 297 g/mol. The molecule has 1 aromatic heterocycles. The lowest BCUT2D eigenvalue weighted by Gasteiger charge is -2.37. The third-order valence-electron chi connectivity index (χ3n) is 4.28. The summed E-state index contributed by atoms with van der Waals surface area (Å²) < 4.78 is 0. The summed E-state index contributed by atoms with van der Waals surface area (Å²) in [5.41, 5.74) is 1.44. The molecule has 0 unspecified atom stereocenters. The van der Waals surface area contributed by atoms with Crippen molar-refractivity contribution < 1.29 is 4.79 Å². The fourth-order valence-electron chi connectivity index (χ4n) is 3.21. The van der Waals surface area contributed by atoms with Gasteiger partial charge in [0.15, 0.2) is 0 Å². The van der Waals surface area contributed by atoms with Gasteiger partial charge in [-0.2, -0.15) is 0 Å². The first-order chi connectivity index (χ1) is 10.6.